The number of benzene rings is 1. The van der Waals surface area contributed by atoms with Crippen LogP contribution in [-0.4, -0.2) is 36.5 Å². The summed E-state index contributed by atoms with van der Waals surface area (Å²) in [7, 11) is 0. The molecule has 0 saturated heterocycles. The Hall–Kier alpha value is -2.63. The average molecular weight is 415 g/mol. The normalized spacial score (nSPS) is 15.7. The maximum Gasteiger partial charge on any atom is 0.329 e. The predicted molar refractivity (Wildman–Crippen MR) is 117 cm³/mol. The van der Waals surface area contributed by atoms with E-state index in [1.807, 2.05) is 44.2 Å². The molecular formula is C24H34N2O4. The summed E-state index contributed by atoms with van der Waals surface area (Å²) in [6, 6.07) is 8.53. The molecule has 6 nitrogen and oxygen atoms in total. The SMILES string of the molecule is CC(C)[C@H](NC(=O)Cc1ccccc1)C(=O)O[C@H](C)C(=O)NCCC1=CCCCC1. The Kier molecular flexibility index (Phi) is 9.58. The van der Waals surface area contributed by atoms with E-state index in [-0.39, 0.29) is 24.2 Å². The lowest BCUT2D eigenvalue weighted by Gasteiger charge is -2.23. The third-order valence-electron chi connectivity index (χ3n) is 5.24. The number of esters is 1. The minimum absolute atomic E-state index is 0.161. The van der Waals surface area contributed by atoms with Crippen molar-refractivity contribution in [2.24, 2.45) is 5.92 Å². The van der Waals surface area contributed by atoms with Crippen LogP contribution >= 0.6 is 0 Å². The lowest BCUT2D eigenvalue weighted by Crippen LogP contribution is -2.48. The van der Waals surface area contributed by atoms with Gasteiger partial charge in [0, 0.05) is 6.54 Å². The fourth-order valence-corrected chi connectivity index (χ4v) is 3.43. The minimum Gasteiger partial charge on any atom is -0.451 e. The second kappa shape index (κ2) is 12.2. The molecule has 1 aromatic rings. The summed E-state index contributed by atoms with van der Waals surface area (Å²) >= 11 is 0. The second-order valence-electron chi connectivity index (χ2n) is 8.18. The van der Waals surface area contributed by atoms with Crippen LogP contribution in [0.3, 0.4) is 0 Å². The average Bonchev–Trinajstić information content (AvgIpc) is 2.73. The number of ether oxygens (including phenoxy) is 1. The highest BCUT2D eigenvalue weighted by atomic mass is 16.5. The van der Waals surface area contributed by atoms with E-state index in [2.05, 4.69) is 16.7 Å². The van der Waals surface area contributed by atoms with Crippen molar-refractivity contribution in [3.63, 3.8) is 0 Å². The molecule has 2 rings (SSSR count). The summed E-state index contributed by atoms with van der Waals surface area (Å²) in [5, 5.41) is 5.57. The van der Waals surface area contributed by atoms with Gasteiger partial charge in [0.1, 0.15) is 6.04 Å². The summed E-state index contributed by atoms with van der Waals surface area (Å²) in [4.78, 5) is 37.2. The molecule has 1 aromatic carbocycles. The van der Waals surface area contributed by atoms with Gasteiger partial charge < -0.3 is 15.4 Å². The van der Waals surface area contributed by atoms with E-state index in [1.165, 1.54) is 18.4 Å². The summed E-state index contributed by atoms with van der Waals surface area (Å²) in [6.45, 7) is 5.75. The van der Waals surface area contributed by atoms with Crippen molar-refractivity contribution in [3.05, 3.63) is 47.5 Å². The zero-order valence-electron chi connectivity index (χ0n) is 18.3. The van der Waals surface area contributed by atoms with Gasteiger partial charge in [0.2, 0.25) is 5.91 Å². The first-order valence-corrected chi connectivity index (χ1v) is 10.9. The van der Waals surface area contributed by atoms with Gasteiger partial charge in [-0.15, -0.1) is 0 Å². The fourth-order valence-electron chi connectivity index (χ4n) is 3.43. The Morgan fingerprint density at radius 1 is 1.07 bits per heavy atom. The number of hydrogen-bond acceptors (Lipinski definition) is 4. The summed E-state index contributed by atoms with van der Waals surface area (Å²) < 4.78 is 5.35. The van der Waals surface area contributed by atoms with Crippen molar-refractivity contribution in [2.75, 3.05) is 6.54 Å². The number of allylic oxidation sites excluding steroid dienone is 1. The fraction of sp³-hybridized carbons (Fsp3) is 0.542. The van der Waals surface area contributed by atoms with Crippen molar-refractivity contribution in [1.82, 2.24) is 10.6 Å². The molecule has 0 bridgehead atoms. The molecule has 164 valence electrons. The molecule has 2 amide bonds. The van der Waals surface area contributed by atoms with Gasteiger partial charge in [-0.25, -0.2) is 4.79 Å². The van der Waals surface area contributed by atoms with E-state index in [4.69, 9.17) is 4.74 Å². The zero-order chi connectivity index (χ0) is 21.9. The number of hydrogen-bond donors (Lipinski definition) is 2. The Balaban J connectivity index is 1.80. The van der Waals surface area contributed by atoms with Crippen molar-refractivity contribution in [3.8, 4) is 0 Å². The van der Waals surface area contributed by atoms with Crippen molar-refractivity contribution in [2.45, 2.75) is 71.4 Å². The molecule has 0 radical (unpaired) electrons. The first kappa shape index (κ1) is 23.6. The molecule has 1 aliphatic carbocycles. The zero-order valence-corrected chi connectivity index (χ0v) is 18.3. The van der Waals surface area contributed by atoms with Crippen LogP contribution in [0.4, 0.5) is 0 Å². The van der Waals surface area contributed by atoms with Crippen LogP contribution in [0, 0.1) is 5.92 Å². The monoisotopic (exact) mass is 414 g/mol. The second-order valence-corrected chi connectivity index (χ2v) is 8.18. The molecule has 30 heavy (non-hydrogen) atoms. The molecule has 0 unspecified atom stereocenters. The first-order valence-electron chi connectivity index (χ1n) is 10.9. The lowest BCUT2D eigenvalue weighted by molar-refractivity contribution is -0.158. The molecule has 2 N–H and O–H groups in total. The third kappa shape index (κ3) is 8.01. The van der Waals surface area contributed by atoms with Crippen LogP contribution < -0.4 is 10.6 Å². The third-order valence-corrected chi connectivity index (χ3v) is 5.24. The number of amides is 2. The van der Waals surface area contributed by atoms with Gasteiger partial charge in [0.05, 0.1) is 6.42 Å². The van der Waals surface area contributed by atoms with Gasteiger partial charge in [-0.3, -0.25) is 9.59 Å². The maximum absolute atomic E-state index is 12.6. The Morgan fingerprint density at radius 3 is 2.43 bits per heavy atom. The molecule has 0 aromatic heterocycles. The Labute approximate surface area is 179 Å². The van der Waals surface area contributed by atoms with Crippen LogP contribution in [0.25, 0.3) is 0 Å². The quantitative estimate of drug-likeness (QED) is 0.454. The number of rotatable bonds is 10. The lowest BCUT2D eigenvalue weighted by atomic mass is 9.97. The van der Waals surface area contributed by atoms with Crippen molar-refractivity contribution in [1.29, 1.82) is 0 Å². The maximum atomic E-state index is 12.6. The largest absolute Gasteiger partial charge is 0.451 e. The molecule has 0 saturated carbocycles. The van der Waals surface area contributed by atoms with E-state index < -0.39 is 18.1 Å². The molecule has 0 aliphatic heterocycles. The molecular weight excluding hydrogens is 380 g/mol. The van der Waals surface area contributed by atoms with Gasteiger partial charge in [-0.2, -0.15) is 0 Å². The van der Waals surface area contributed by atoms with Gasteiger partial charge in [-0.05, 0) is 50.5 Å². The predicted octanol–water partition coefficient (Wildman–Crippen LogP) is 3.31. The molecule has 0 fully saturated rings. The van der Waals surface area contributed by atoms with Gasteiger partial charge >= 0.3 is 5.97 Å². The van der Waals surface area contributed by atoms with Gasteiger partial charge in [-0.1, -0.05) is 55.8 Å². The van der Waals surface area contributed by atoms with Crippen molar-refractivity contribution >= 4 is 17.8 Å². The Bertz CT molecular complexity index is 743. The minimum atomic E-state index is -0.912. The highest BCUT2D eigenvalue weighted by molar-refractivity contribution is 5.88. The van der Waals surface area contributed by atoms with Crippen LogP contribution in [0.2, 0.25) is 0 Å². The van der Waals surface area contributed by atoms with Crippen LogP contribution in [0.5, 0.6) is 0 Å². The van der Waals surface area contributed by atoms with Crippen LogP contribution in [0.1, 0.15) is 58.4 Å². The van der Waals surface area contributed by atoms with Gasteiger partial charge in [0.15, 0.2) is 6.10 Å². The molecule has 2 atom stereocenters. The summed E-state index contributed by atoms with van der Waals surface area (Å²) in [5.74, 6) is -1.33. The van der Waals surface area contributed by atoms with E-state index in [0.717, 1.165) is 24.8 Å². The van der Waals surface area contributed by atoms with Crippen LogP contribution in [-0.2, 0) is 25.5 Å². The number of nitrogens with one attached hydrogen (secondary N) is 2. The van der Waals surface area contributed by atoms with Crippen LogP contribution in [0.15, 0.2) is 42.0 Å². The molecule has 1 aliphatic rings. The Morgan fingerprint density at radius 2 is 1.80 bits per heavy atom. The smallest absolute Gasteiger partial charge is 0.329 e. The summed E-state index contributed by atoms with van der Waals surface area (Å²) in [5.41, 5.74) is 2.25. The molecule has 0 spiro atoms. The van der Waals surface area contributed by atoms with E-state index in [1.54, 1.807) is 6.92 Å². The first-order chi connectivity index (χ1) is 14.4. The number of carbonyl (C=O) groups excluding carboxylic acids is 3. The van der Waals surface area contributed by atoms with Crippen molar-refractivity contribution < 1.29 is 19.1 Å². The van der Waals surface area contributed by atoms with E-state index >= 15 is 0 Å². The highest BCUT2D eigenvalue weighted by Gasteiger charge is 2.28. The molecule has 6 heteroatoms. The molecule has 0 heterocycles. The standard InChI is InChI=1S/C24H34N2O4/c1-17(2)22(26-21(27)16-20-12-8-5-9-13-20)24(29)30-18(3)23(28)25-15-14-19-10-6-4-7-11-19/h5,8-10,12-13,17-18,22H,4,6-7,11,14-16H2,1-3H3,(H,25,28)(H,26,27)/t18-,22+/m1/s1. The van der Waals surface area contributed by atoms with E-state index in [0.29, 0.717) is 6.54 Å². The van der Waals surface area contributed by atoms with E-state index in [9.17, 15) is 14.4 Å². The topological polar surface area (TPSA) is 84.5 Å². The summed E-state index contributed by atoms with van der Waals surface area (Å²) in [6.07, 6.45) is 7.01. The number of carbonyl (C=O) groups is 3. The highest BCUT2D eigenvalue weighted by Crippen LogP contribution is 2.19. The van der Waals surface area contributed by atoms with Gasteiger partial charge in [0.25, 0.3) is 5.91 Å².